The summed E-state index contributed by atoms with van der Waals surface area (Å²) in [4.78, 5) is 23.7. The molecule has 2 rings (SSSR count). The van der Waals surface area contributed by atoms with E-state index in [1.807, 2.05) is 0 Å². The van der Waals surface area contributed by atoms with Crippen LogP contribution in [0.2, 0.25) is 0 Å². The SMILES string of the molecule is Cc1ccc(C(=O)NNC(=O)c2ccc(Br)s2)o1. The first-order valence-corrected chi connectivity index (χ1v) is 6.59. The number of aryl methyl sites for hydroxylation is 1. The average Bonchev–Trinajstić information content (AvgIpc) is 2.94. The van der Waals surface area contributed by atoms with E-state index in [1.165, 1.54) is 11.3 Å². The molecule has 2 aromatic rings. The fourth-order valence-corrected chi connectivity index (χ4v) is 2.51. The molecule has 7 heteroatoms. The molecule has 2 N–H and O–H groups in total. The minimum absolute atomic E-state index is 0.153. The smallest absolute Gasteiger partial charge is 0.305 e. The summed E-state index contributed by atoms with van der Waals surface area (Å²) in [5.41, 5.74) is 4.59. The molecule has 0 aliphatic carbocycles. The van der Waals surface area contributed by atoms with Crippen LogP contribution in [0.1, 0.15) is 26.0 Å². The van der Waals surface area contributed by atoms with Crippen molar-refractivity contribution < 1.29 is 14.0 Å². The van der Waals surface area contributed by atoms with E-state index < -0.39 is 5.91 Å². The molecule has 0 atom stereocenters. The van der Waals surface area contributed by atoms with Gasteiger partial charge in [0, 0.05) is 0 Å². The summed E-state index contributed by atoms with van der Waals surface area (Å²) in [6.07, 6.45) is 0. The van der Waals surface area contributed by atoms with E-state index in [0.717, 1.165) is 3.79 Å². The van der Waals surface area contributed by atoms with Crippen LogP contribution < -0.4 is 10.9 Å². The molecule has 5 nitrogen and oxygen atoms in total. The highest BCUT2D eigenvalue weighted by molar-refractivity contribution is 9.11. The number of amides is 2. The summed E-state index contributed by atoms with van der Waals surface area (Å²) >= 11 is 4.53. The Hall–Kier alpha value is -1.60. The molecular formula is C11H9BrN2O3S. The Morgan fingerprint density at radius 2 is 1.89 bits per heavy atom. The quantitative estimate of drug-likeness (QED) is 0.832. The van der Waals surface area contributed by atoms with Gasteiger partial charge in [-0.25, -0.2) is 0 Å². The van der Waals surface area contributed by atoms with Crippen LogP contribution in [0.25, 0.3) is 0 Å². The summed E-state index contributed by atoms with van der Waals surface area (Å²) in [5.74, 6) is -0.0803. The molecule has 2 amide bonds. The number of carbonyl (C=O) groups is 2. The topological polar surface area (TPSA) is 71.3 Å². The van der Waals surface area contributed by atoms with Crippen molar-refractivity contribution in [2.24, 2.45) is 0 Å². The lowest BCUT2D eigenvalue weighted by molar-refractivity contribution is 0.0832. The molecule has 0 radical (unpaired) electrons. The molecule has 0 aliphatic heterocycles. The standard InChI is InChI=1S/C11H9BrN2O3S/c1-6-2-3-7(17-6)10(15)13-14-11(16)8-4-5-9(12)18-8/h2-5H,1H3,(H,13,15)(H,14,16). The molecular weight excluding hydrogens is 320 g/mol. The molecule has 0 aliphatic rings. The van der Waals surface area contributed by atoms with Gasteiger partial charge in [0.15, 0.2) is 5.76 Å². The van der Waals surface area contributed by atoms with Crippen LogP contribution in [0.5, 0.6) is 0 Å². The molecule has 0 aromatic carbocycles. The number of hydrogen-bond acceptors (Lipinski definition) is 4. The van der Waals surface area contributed by atoms with E-state index >= 15 is 0 Å². The fourth-order valence-electron chi connectivity index (χ4n) is 1.23. The normalized spacial score (nSPS) is 10.1. The molecule has 18 heavy (non-hydrogen) atoms. The van der Waals surface area contributed by atoms with Crippen LogP contribution in [0, 0.1) is 6.92 Å². The van der Waals surface area contributed by atoms with Crippen LogP contribution >= 0.6 is 27.3 Å². The van der Waals surface area contributed by atoms with Crippen LogP contribution in [-0.4, -0.2) is 11.8 Å². The third kappa shape index (κ3) is 2.99. The molecule has 0 fully saturated rings. The zero-order valence-electron chi connectivity index (χ0n) is 9.32. The van der Waals surface area contributed by atoms with Crippen molar-refractivity contribution in [3.05, 3.63) is 44.4 Å². The highest BCUT2D eigenvalue weighted by Crippen LogP contribution is 2.21. The molecule has 0 saturated carbocycles. The van der Waals surface area contributed by atoms with Crippen LogP contribution in [-0.2, 0) is 0 Å². The molecule has 2 aromatic heterocycles. The monoisotopic (exact) mass is 328 g/mol. The number of furan rings is 1. The summed E-state index contributed by atoms with van der Waals surface area (Å²) in [7, 11) is 0. The van der Waals surface area contributed by atoms with E-state index in [1.54, 1.807) is 31.2 Å². The second-order valence-electron chi connectivity index (χ2n) is 3.42. The zero-order chi connectivity index (χ0) is 13.1. The van der Waals surface area contributed by atoms with Crippen molar-refractivity contribution in [3.63, 3.8) is 0 Å². The van der Waals surface area contributed by atoms with Gasteiger partial charge in [0.1, 0.15) is 5.76 Å². The fraction of sp³-hybridized carbons (Fsp3) is 0.0909. The maximum Gasteiger partial charge on any atom is 0.305 e. The van der Waals surface area contributed by atoms with Gasteiger partial charge in [-0.15, -0.1) is 11.3 Å². The third-order valence-electron chi connectivity index (χ3n) is 2.05. The summed E-state index contributed by atoms with van der Waals surface area (Å²) in [5, 5.41) is 0. The zero-order valence-corrected chi connectivity index (χ0v) is 11.7. The van der Waals surface area contributed by atoms with Crippen LogP contribution in [0.3, 0.4) is 0 Å². The van der Waals surface area contributed by atoms with Crippen LogP contribution in [0.4, 0.5) is 0 Å². The van der Waals surface area contributed by atoms with Crippen molar-refractivity contribution in [2.75, 3.05) is 0 Å². The van der Waals surface area contributed by atoms with Crippen molar-refractivity contribution in [1.82, 2.24) is 10.9 Å². The summed E-state index contributed by atoms with van der Waals surface area (Å²) in [6.45, 7) is 1.73. The van der Waals surface area contributed by atoms with Gasteiger partial charge in [0.05, 0.1) is 8.66 Å². The van der Waals surface area contributed by atoms with E-state index in [9.17, 15) is 9.59 Å². The number of rotatable bonds is 2. The van der Waals surface area contributed by atoms with Crippen molar-refractivity contribution in [2.45, 2.75) is 6.92 Å². The van der Waals surface area contributed by atoms with Crippen molar-refractivity contribution in [3.8, 4) is 0 Å². The van der Waals surface area contributed by atoms with Crippen LogP contribution in [0.15, 0.2) is 32.5 Å². The first-order chi connectivity index (χ1) is 8.56. The number of halogens is 1. The Kier molecular flexibility index (Phi) is 3.83. The molecule has 0 unspecified atom stereocenters. The molecule has 2 heterocycles. The van der Waals surface area contributed by atoms with Gasteiger partial charge in [-0.3, -0.25) is 20.4 Å². The first-order valence-electron chi connectivity index (χ1n) is 4.99. The van der Waals surface area contributed by atoms with E-state index in [2.05, 4.69) is 26.8 Å². The van der Waals surface area contributed by atoms with Gasteiger partial charge in [-0.05, 0) is 47.1 Å². The number of thiophene rings is 1. The highest BCUT2D eigenvalue weighted by Gasteiger charge is 2.12. The average molecular weight is 329 g/mol. The van der Waals surface area contributed by atoms with Gasteiger partial charge in [0.2, 0.25) is 0 Å². The Labute approximate surface area is 115 Å². The van der Waals surface area contributed by atoms with Gasteiger partial charge in [-0.1, -0.05) is 0 Å². The Morgan fingerprint density at radius 3 is 2.44 bits per heavy atom. The number of carbonyl (C=O) groups excluding carboxylic acids is 2. The largest absolute Gasteiger partial charge is 0.456 e. The third-order valence-corrected chi connectivity index (χ3v) is 3.67. The predicted molar refractivity (Wildman–Crippen MR) is 70.4 cm³/mol. The summed E-state index contributed by atoms with van der Waals surface area (Å²) < 4.78 is 5.97. The number of hydrogen-bond donors (Lipinski definition) is 2. The number of nitrogens with one attached hydrogen (secondary N) is 2. The van der Waals surface area contributed by atoms with E-state index in [-0.39, 0.29) is 11.7 Å². The highest BCUT2D eigenvalue weighted by atomic mass is 79.9. The minimum Gasteiger partial charge on any atom is -0.456 e. The van der Waals surface area contributed by atoms with Gasteiger partial charge in [0.25, 0.3) is 5.91 Å². The Balaban J connectivity index is 1.92. The van der Waals surface area contributed by atoms with Crippen molar-refractivity contribution >= 4 is 39.1 Å². The Morgan fingerprint density at radius 1 is 1.17 bits per heavy atom. The number of hydrazine groups is 1. The lowest BCUT2D eigenvalue weighted by Gasteiger charge is -2.03. The minimum atomic E-state index is -0.493. The molecule has 94 valence electrons. The summed E-state index contributed by atoms with van der Waals surface area (Å²) in [6, 6.07) is 6.64. The van der Waals surface area contributed by atoms with Gasteiger partial charge >= 0.3 is 5.91 Å². The second kappa shape index (κ2) is 5.36. The van der Waals surface area contributed by atoms with E-state index in [0.29, 0.717) is 10.6 Å². The Bertz CT molecular complexity index is 538. The lowest BCUT2D eigenvalue weighted by atomic mass is 10.4. The molecule has 0 saturated heterocycles. The van der Waals surface area contributed by atoms with Gasteiger partial charge < -0.3 is 4.42 Å². The first kappa shape index (κ1) is 12.8. The second-order valence-corrected chi connectivity index (χ2v) is 5.89. The predicted octanol–water partition coefficient (Wildman–Crippen LogP) is 2.49. The maximum absolute atomic E-state index is 11.6. The maximum atomic E-state index is 11.6. The molecule has 0 spiro atoms. The molecule has 0 bridgehead atoms. The van der Waals surface area contributed by atoms with E-state index in [4.69, 9.17) is 4.42 Å². The lowest BCUT2D eigenvalue weighted by Crippen LogP contribution is -2.41. The van der Waals surface area contributed by atoms with Gasteiger partial charge in [-0.2, -0.15) is 0 Å². The van der Waals surface area contributed by atoms with Crippen molar-refractivity contribution in [1.29, 1.82) is 0 Å².